The number of hydrogen-bond donors (Lipinski definition) is 0. The Morgan fingerprint density at radius 2 is 2.08 bits per heavy atom. The SMILES string of the molecule is Cc1cc(C(=O)OCC(=O)c2cccs2)c(C)n1Cc1ccco1. The van der Waals surface area contributed by atoms with Gasteiger partial charge in [-0.1, -0.05) is 6.07 Å². The Morgan fingerprint density at radius 3 is 2.75 bits per heavy atom. The van der Waals surface area contributed by atoms with E-state index < -0.39 is 5.97 Å². The average Bonchev–Trinajstić information content (AvgIpc) is 3.30. The summed E-state index contributed by atoms with van der Waals surface area (Å²) < 4.78 is 12.5. The van der Waals surface area contributed by atoms with Crippen molar-refractivity contribution in [2.75, 3.05) is 6.61 Å². The van der Waals surface area contributed by atoms with Gasteiger partial charge in [0, 0.05) is 11.4 Å². The Hall–Kier alpha value is -2.60. The lowest BCUT2D eigenvalue weighted by atomic mass is 10.2. The number of Topliss-reactive ketones (excluding diaryl/α,β-unsaturated/α-hetero) is 1. The van der Waals surface area contributed by atoms with Crippen LogP contribution >= 0.6 is 11.3 Å². The second kappa shape index (κ2) is 6.88. The molecule has 0 atom stereocenters. The summed E-state index contributed by atoms with van der Waals surface area (Å²) in [4.78, 5) is 24.8. The highest BCUT2D eigenvalue weighted by Crippen LogP contribution is 2.19. The van der Waals surface area contributed by atoms with E-state index in [0.717, 1.165) is 17.1 Å². The summed E-state index contributed by atoms with van der Waals surface area (Å²) in [5, 5.41) is 1.82. The van der Waals surface area contributed by atoms with Crippen LogP contribution in [-0.4, -0.2) is 22.9 Å². The summed E-state index contributed by atoms with van der Waals surface area (Å²) >= 11 is 1.33. The lowest BCUT2D eigenvalue weighted by Gasteiger charge is -2.08. The molecule has 0 unspecified atom stereocenters. The molecule has 0 amide bonds. The van der Waals surface area contributed by atoms with Crippen LogP contribution in [0.1, 0.15) is 37.2 Å². The zero-order chi connectivity index (χ0) is 17.1. The molecule has 0 bridgehead atoms. The van der Waals surface area contributed by atoms with Gasteiger partial charge in [-0.05, 0) is 43.5 Å². The Morgan fingerprint density at radius 1 is 1.25 bits per heavy atom. The van der Waals surface area contributed by atoms with Crippen molar-refractivity contribution < 1.29 is 18.7 Å². The third kappa shape index (κ3) is 3.33. The van der Waals surface area contributed by atoms with Gasteiger partial charge in [0.25, 0.3) is 0 Å². The maximum atomic E-state index is 12.3. The van der Waals surface area contributed by atoms with Gasteiger partial charge in [0.2, 0.25) is 5.78 Å². The monoisotopic (exact) mass is 343 g/mol. The average molecular weight is 343 g/mol. The molecule has 124 valence electrons. The van der Waals surface area contributed by atoms with E-state index in [-0.39, 0.29) is 12.4 Å². The first-order chi connectivity index (χ1) is 11.6. The second-order valence-electron chi connectivity index (χ2n) is 5.43. The number of rotatable bonds is 6. The molecule has 0 saturated carbocycles. The van der Waals surface area contributed by atoms with Gasteiger partial charge >= 0.3 is 5.97 Å². The fraction of sp³-hybridized carbons (Fsp3) is 0.222. The molecule has 0 radical (unpaired) electrons. The number of hydrogen-bond acceptors (Lipinski definition) is 5. The smallest absolute Gasteiger partial charge is 0.340 e. The third-order valence-electron chi connectivity index (χ3n) is 3.82. The zero-order valence-corrected chi connectivity index (χ0v) is 14.3. The van der Waals surface area contributed by atoms with E-state index in [1.165, 1.54) is 11.3 Å². The highest BCUT2D eigenvalue weighted by molar-refractivity contribution is 7.12. The molecule has 6 heteroatoms. The van der Waals surface area contributed by atoms with Crippen LogP contribution in [0.2, 0.25) is 0 Å². The predicted octanol–water partition coefficient (Wildman–Crippen LogP) is 3.85. The largest absolute Gasteiger partial charge is 0.467 e. The van der Waals surface area contributed by atoms with E-state index >= 15 is 0 Å². The summed E-state index contributed by atoms with van der Waals surface area (Å²) in [6.45, 7) is 4.07. The molecule has 0 saturated heterocycles. The molecule has 0 spiro atoms. The molecule has 3 rings (SSSR count). The summed E-state index contributed by atoms with van der Waals surface area (Å²) in [7, 11) is 0. The molecule has 5 nitrogen and oxygen atoms in total. The number of ether oxygens (including phenoxy) is 1. The van der Waals surface area contributed by atoms with Crippen molar-refractivity contribution in [1.82, 2.24) is 4.57 Å². The summed E-state index contributed by atoms with van der Waals surface area (Å²) in [5.74, 6) is 0.131. The van der Waals surface area contributed by atoms with Crippen LogP contribution in [0, 0.1) is 13.8 Å². The van der Waals surface area contributed by atoms with Crippen LogP contribution in [-0.2, 0) is 11.3 Å². The standard InChI is InChI=1S/C18H17NO4S/c1-12-9-15(13(2)19(12)10-14-5-3-7-22-14)18(21)23-11-16(20)17-6-4-8-24-17/h3-9H,10-11H2,1-2H3. The predicted molar refractivity (Wildman–Crippen MR) is 90.6 cm³/mol. The Kier molecular flexibility index (Phi) is 4.66. The summed E-state index contributed by atoms with van der Waals surface area (Å²) in [6, 6.07) is 9.00. The van der Waals surface area contributed by atoms with Gasteiger partial charge in [-0.2, -0.15) is 0 Å². The fourth-order valence-electron chi connectivity index (χ4n) is 2.53. The molecule has 24 heavy (non-hydrogen) atoms. The van der Waals surface area contributed by atoms with Gasteiger partial charge in [0.1, 0.15) is 5.76 Å². The maximum Gasteiger partial charge on any atom is 0.340 e. The normalized spacial score (nSPS) is 10.8. The number of aromatic nitrogens is 1. The minimum atomic E-state index is -0.487. The van der Waals surface area contributed by atoms with Gasteiger partial charge < -0.3 is 13.7 Å². The lowest BCUT2D eigenvalue weighted by Crippen LogP contribution is -2.14. The van der Waals surface area contributed by atoms with Crippen molar-refractivity contribution in [3.63, 3.8) is 0 Å². The second-order valence-corrected chi connectivity index (χ2v) is 6.37. The number of aryl methyl sites for hydroxylation is 1. The first-order valence-corrected chi connectivity index (χ1v) is 8.37. The Labute approximate surface area is 143 Å². The number of nitrogens with zero attached hydrogens (tertiary/aromatic N) is 1. The van der Waals surface area contributed by atoms with E-state index in [2.05, 4.69) is 0 Å². The van der Waals surface area contributed by atoms with Crippen molar-refractivity contribution in [1.29, 1.82) is 0 Å². The molecule has 0 N–H and O–H groups in total. The van der Waals surface area contributed by atoms with Crippen LogP contribution in [0.15, 0.2) is 46.4 Å². The molecule has 0 aliphatic carbocycles. The topological polar surface area (TPSA) is 61.4 Å². The minimum absolute atomic E-state index is 0.192. The minimum Gasteiger partial charge on any atom is -0.467 e. The molecular weight excluding hydrogens is 326 g/mol. The Bertz CT molecular complexity index is 844. The van der Waals surface area contributed by atoms with Crippen LogP contribution < -0.4 is 0 Å². The van der Waals surface area contributed by atoms with Gasteiger partial charge in [-0.3, -0.25) is 4.79 Å². The number of ketones is 1. The van der Waals surface area contributed by atoms with Crippen molar-refractivity contribution in [2.45, 2.75) is 20.4 Å². The molecule has 3 heterocycles. The Balaban J connectivity index is 1.70. The number of esters is 1. The van der Waals surface area contributed by atoms with E-state index in [1.807, 2.05) is 35.9 Å². The molecule has 0 fully saturated rings. The van der Waals surface area contributed by atoms with Crippen molar-refractivity contribution in [3.05, 3.63) is 69.6 Å². The van der Waals surface area contributed by atoms with Crippen LogP contribution in [0.25, 0.3) is 0 Å². The van der Waals surface area contributed by atoms with Gasteiger partial charge in [-0.25, -0.2) is 4.79 Å². The van der Waals surface area contributed by atoms with Gasteiger partial charge in [0.05, 0.1) is 23.2 Å². The van der Waals surface area contributed by atoms with E-state index in [4.69, 9.17) is 9.15 Å². The van der Waals surface area contributed by atoms with Crippen molar-refractivity contribution in [3.8, 4) is 0 Å². The molecular formula is C18H17NO4S. The van der Waals surface area contributed by atoms with Crippen LogP contribution in [0.3, 0.4) is 0 Å². The number of thiophene rings is 1. The maximum absolute atomic E-state index is 12.3. The van der Waals surface area contributed by atoms with Crippen molar-refractivity contribution in [2.24, 2.45) is 0 Å². The first kappa shape index (κ1) is 16.3. The molecule has 3 aromatic rings. The van der Waals surface area contributed by atoms with Crippen LogP contribution in [0.4, 0.5) is 0 Å². The zero-order valence-electron chi connectivity index (χ0n) is 13.4. The summed E-state index contributed by atoms with van der Waals surface area (Å²) in [5.41, 5.74) is 2.19. The molecule has 0 aliphatic rings. The highest BCUT2D eigenvalue weighted by atomic mass is 32.1. The lowest BCUT2D eigenvalue weighted by molar-refractivity contribution is 0.0475. The van der Waals surface area contributed by atoms with Crippen molar-refractivity contribution >= 4 is 23.1 Å². The fourth-order valence-corrected chi connectivity index (χ4v) is 3.18. The third-order valence-corrected chi connectivity index (χ3v) is 4.73. The van der Waals surface area contributed by atoms with E-state index in [1.54, 1.807) is 24.5 Å². The molecule has 0 aromatic carbocycles. The molecule has 0 aliphatic heterocycles. The van der Waals surface area contributed by atoms with E-state index in [9.17, 15) is 9.59 Å². The van der Waals surface area contributed by atoms with E-state index in [0.29, 0.717) is 17.0 Å². The quantitative estimate of drug-likeness (QED) is 0.504. The van der Waals surface area contributed by atoms with Gasteiger partial charge in [-0.15, -0.1) is 11.3 Å². The van der Waals surface area contributed by atoms with Crippen LogP contribution in [0.5, 0.6) is 0 Å². The number of furan rings is 1. The first-order valence-electron chi connectivity index (χ1n) is 7.49. The highest BCUT2D eigenvalue weighted by Gasteiger charge is 2.19. The molecule has 3 aromatic heterocycles. The summed E-state index contributed by atoms with van der Waals surface area (Å²) in [6.07, 6.45) is 1.62. The number of carbonyl (C=O) groups is 2. The number of carbonyl (C=O) groups excluding carboxylic acids is 2. The van der Waals surface area contributed by atoms with Gasteiger partial charge in [0.15, 0.2) is 6.61 Å².